The second-order valence-corrected chi connectivity index (χ2v) is 4.56. The Hall–Kier alpha value is -0.810. The highest BCUT2D eigenvalue weighted by molar-refractivity contribution is 6.35. The molecule has 1 amide bonds. The molecular weight excluding hydrogens is 265 g/mol. The molecule has 6 heteroatoms. The van der Waals surface area contributed by atoms with E-state index >= 15 is 0 Å². The maximum absolute atomic E-state index is 11.6. The van der Waals surface area contributed by atoms with Gasteiger partial charge in [-0.1, -0.05) is 29.3 Å². The van der Waals surface area contributed by atoms with Gasteiger partial charge < -0.3 is 14.7 Å². The van der Waals surface area contributed by atoms with Crippen molar-refractivity contribution in [3.8, 4) is 0 Å². The number of hydrogen-bond donors (Lipinski definition) is 1. The largest absolute Gasteiger partial charge is 0.361 e. The van der Waals surface area contributed by atoms with E-state index in [1.807, 2.05) is 0 Å². The maximum atomic E-state index is 11.6. The standard InChI is InChI=1S/C11H11Cl2NO3/c12-8-2-1-7(9(13)5-8)6-14-3-4-17-11(16)10(14)15/h1-2,5,11,16H,3-4,6H2. The SMILES string of the molecule is O=C1C(O)OCCN1Cc1ccc(Cl)cc1Cl. The Morgan fingerprint density at radius 2 is 2.24 bits per heavy atom. The molecule has 17 heavy (non-hydrogen) atoms. The average Bonchev–Trinajstić information content (AvgIpc) is 2.28. The second kappa shape index (κ2) is 5.23. The van der Waals surface area contributed by atoms with Crippen molar-refractivity contribution in [3.05, 3.63) is 33.8 Å². The van der Waals surface area contributed by atoms with Gasteiger partial charge >= 0.3 is 0 Å². The number of aliphatic hydroxyl groups excluding tert-OH is 1. The zero-order valence-electron chi connectivity index (χ0n) is 8.90. The molecule has 1 aliphatic heterocycles. The summed E-state index contributed by atoms with van der Waals surface area (Å²) >= 11 is 11.8. The van der Waals surface area contributed by atoms with Crippen LogP contribution in [0, 0.1) is 0 Å². The summed E-state index contributed by atoms with van der Waals surface area (Å²) in [5, 5.41) is 10.3. The van der Waals surface area contributed by atoms with Crippen molar-refractivity contribution in [2.45, 2.75) is 12.8 Å². The molecule has 1 saturated heterocycles. The van der Waals surface area contributed by atoms with Gasteiger partial charge in [-0.25, -0.2) is 0 Å². The van der Waals surface area contributed by atoms with Gasteiger partial charge in [0.1, 0.15) is 0 Å². The number of rotatable bonds is 2. The smallest absolute Gasteiger partial charge is 0.279 e. The zero-order valence-corrected chi connectivity index (χ0v) is 10.4. The van der Waals surface area contributed by atoms with Crippen LogP contribution in [-0.4, -0.2) is 35.4 Å². The van der Waals surface area contributed by atoms with Crippen LogP contribution in [0.15, 0.2) is 18.2 Å². The maximum Gasteiger partial charge on any atom is 0.279 e. The molecule has 1 heterocycles. The molecule has 1 aromatic carbocycles. The van der Waals surface area contributed by atoms with Gasteiger partial charge in [0.05, 0.1) is 6.61 Å². The van der Waals surface area contributed by atoms with Crippen LogP contribution >= 0.6 is 23.2 Å². The molecule has 92 valence electrons. The van der Waals surface area contributed by atoms with Crippen molar-refractivity contribution in [2.75, 3.05) is 13.2 Å². The molecular formula is C11H11Cl2NO3. The second-order valence-electron chi connectivity index (χ2n) is 3.72. The number of hydrogen-bond acceptors (Lipinski definition) is 3. The molecule has 1 fully saturated rings. The van der Waals surface area contributed by atoms with Gasteiger partial charge in [0.25, 0.3) is 5.91 Å². The average molecular weight is 276 g/mol. The fraction of sp³-hybridized carbons (Fsp3) is 0.364. The number of benzene rings is 1. The number of carbonyl (C=O) groups excluding carboxylic acids is 1. The molecule has 2 rings (SSSR count). The topological polar surface area (TPSA) is 49.8 Å². The van der Waals surface area contributed by atoms with Gasteiger partial charge in [-0.2, -0.15) is 0 Å². The van der Waals surface area contributed by atoms with Gasteiger partial charge in [-0.05, 0) is 17.7 Å². The first-order chi connectivity index (χ1) is 8.08. The molecule has 0 aromatic heterocycles. The van der Waals surface area contributed by atoms with E-state index in [0.717, 1.165) is 5.56 Å². The Kier molecular flexibility index (Phi) is 3.89. The third-order valence-electron chi connectivity index (χ3n) is 2.54. The highest BCUT2D eigenvalue weighted by Gasteiger charge is 2.27. The van der Waals surface area contributed by atoms with Crippen molar-refractivity contribution in [3.63, 3.8) is 0 Å². The third-order valence-corrected chi connectivity index (χ3v) is 3.12. The number of ether oxygens (including phenoxy) is 1. The van der Waals surface area contributed by atoms with Crippen molar-refractivity contribution in [1.82, 2.24) is 4.90 Å². The molecule has 4 nitrogen and oxygen atoms in total. The lowest BCUT2D eigenvalue weighted by Crippen LogP contribution is -2.47. The number of morpholine rings is 1. The molecule has 0 spiro atoms. The van der Waals surface area contributed by atoms with Crippen LogP contribution in [0.1, 0.15) is 5.56 Å². The normalized spacial score (nSPS) is 20.8. The number of nitrogens with zero attached hydrogens (tertiary/aromatic N) is 1. The first kappa shape index (κ1) is 12.6. The monoisotopic (exact) mass is 275 g/mol. The van der Waals surface area contributed by atoms with E-state index in [9.17, 15) is 9.90 Å². The third kappa shape index (κ3) is 2.90. The summed E-state index contributed by atoms with van der Waals surface area (Å²) in [5.74, 6) is -0.442. The summed E-state index contributed by atoms with van der Waals surface area (Å²) in [6, 6.07) is 5.10. The summed E-state index contributed by atoms with van der Waals surface area (Å²) in [4.78, 5) is 13.1. The van der Waals surface area contributed by atoms with E-state index in [1.54, 1.807) is 18.2 Å². The van der Waals surface area contributed by atoms with Crippen molar-refractivity contribution < 1.29 is 14.6 Å². The van der Waals surface area contributed by atoms with Crippen molar-refractivity contribution >= 4 is 29.1 Å². The van der Waals surface area contributed by atoms with E-state index in [4.69, 9.17) is 27.9 Å². The van der Waals surface area contributed by atoms with E-state index in [0.29, 0.717) is 29.7 Å². The first-order valence-corrected chi connectivity index (χ1v) is 5.86. The predicted octanol–water partition coefficient (Wildman–Crippen LogP) is 1.67. The molecule has 1 aromatic rings. The molecule has 1 atom stereocenters. The molecule has 0 radical (unpaired) electrons. The fourth-order valence-electron chi connectivity index (χ4n) is 1.62. The molecule has 1 unspecified atom stereocenters. The zero-order chi connectivity index (χ0) is 12.4. The summed E-state index contributed by atoms with van der Waals surface area (Å²) in [5.41, 5.74) is 0.790. The predicted molar refractivity (Wildman–Crippen MR) is 63.8 cm³/mol. The first-order valence-electron chi connectivity index (χ1n) is 5.10. The number of carbonyl (C=O) groups is 1. The van der Waals surface area contributed by atoms with Gasteiger partial charge in [-0.15, -0.1) is 0 Å². The summed E-state index contributed by atoms with van der Waals surface area (Å²) in [7, 11) is 0. The Bertz CT molecular complexity index is 439. The molecule has 0 saturated carbocycles. The van der Waals surface area contributed by atoms with Crippen molar-refractivity contribution in [2.24, 2.45) is 0 Å². The Morgan fingerprint density at radius 3 is 2.94 bits per heavy atom. The highest BCUT2D eigenvalue weighted by Crippen LogP contribution is 2.23. The molecule has 1 N–H and O–H groups in total. The van der Waals surface area contributed by atoms with Crippen LogP contribution in [0.5, 0.6) is 0 Å². The highest BCUT2D eigenvalue weighted by atomic mass is 35.5. The molecule has 0 aliphatic carbocycles. The Balaban J connectivity index is 2.12. The lowest BCUT2D eigenvalue weighted by atomic mass is 10.2. The van der Waals surface area contributed by atoms with Crippen LogP contribution in [0.25, 0.3) is 0 Å². The Labute approximate surface area is 109 Å². The fourth-order valence-corrected chi connectivity index (χ4v) is 2.09. The minimum atomic E-state index is -1.37. The van der Waals surface area contributed by atoms with Gasteiger partial charge in [0, 0.05) is 23.1 Å². The molecule has 0 bridgehead atoms. The van der Waals surface area contributed by atoms with Crippen molar-refractivity contribution in [1.29, 1.82) is 0 Å². The van der Waals surface area contributed by atoms with E-state index in [-0.39, 0.29) is 0 Å². The lowest BCUT2D eigenvalue weighted by Gasteiger charge is -2.30. The quantitative estimate of drug-likeness (QED) is 0.894. The summed E-state index contributed by atoms with van der Waals surface area (Å²) in [6.45, 7) is 1.10. The van der Waals surface area contributed by atoms with E-state index in [2.05, 4.69) is 0 Å². The summed E-state index contributed by atoms with van der Waals surface area (Å²) in [6.07, 6.45) is -1.37. The van der Waals surface area contributed by atoms with Crippen LogP contribution in [0.2, 0.25) is 10.0 Å². The lowest BCUT2D eigenvalue weighted by molar-refractivity contribution is -0.184. The van der Waals surface area contributed by atoms with Crippen LogP contribution in [0.4, 0.5) is 0 Å². The number of halogens is 2. The van der Waals surface area contributed by atoms with Gasteiger partial charge in [0.15, 0.2) is 0 Å². The molecule has 1 aliphatic rings. The summed E-state index contributed by atoms with van der Waals surface area (Å²) < 4.78 is 4.82. The van der Waals surface area contributed by atoms with Crippen LogP contribution in [-0.2, 0) is 16.1 Å². The number of amides is 1. The van der Waals surface area contributed by atoms with Crippen LogP contribution in [0.3, 0.4) is 0 Å². The van der Waals surface area contributed by atoms with E-state index in [1.165, 1.54) is 4.90 Å². The van der Waals surface area contributed by atoms with E-state index < -0.39 is 12.2 Å². The number of aliphatic hydroxyl groups is 1. The van der Waals surface area contributed by atoms with Gasteiger partial charge in [0.2, 0.25) is 6.29 Å². The van der Waals surface area contributed by atoms with Crippen LogP contribution < -0.4 is 0 Å². The Morgan fingerprint density at radius 1 is 1.47 bits per heavy atom. The van der Waals surface area contributed by atoms with Gasteiger partial charge in [-0.3, -0.25) is 4.79 Å². The minimum absolute atomic E-state index is 0.318. The minimum Gasteiger partial charge on any atom is -0.361 e.